The summed E-state index contributed by atoms with van der Waals surface area (Å²) in [4.78, 5) is 44.2. The van der Waals surface area contributed by atoms with Gasteiger partial charge in [0.15, 0.2) is 5.72 Å². The Morgan fingerprint density at radius 2 is 1.84 bits per heavy atom. The van der Waals surface area contributed by atoms with E-state index in [1.807, 2.05) is 6.92 Å². The summed E-state index contributed by atoms with van der Waals surface area (Å²) >= 11 is 0. The van der Waals surface area contributed by atoms with E-state index in [1.54, 1.807) is 0 Å². The zero-order chi connectivity index (χ0) is 25.9. The normalized spacial score (nSPS) is 61.5. The van der Waals surface area contributed by atoms with Gasteiger partial charge >= 0.3 is 5.97 Å². The van der Waals surface area contributed by atoms with Crippen molar-refractivity contribution in [3.8, 4) is 0 Å². The highest BCUT2D eigenvalue weighted by Gasteiger charge is 2.85. The van der Waals surface area contributed by atoms with Crippen LogP contribution >= 0.6 is 0 Å². The summed E-state index contributed by atoms with van der Waals surface area (Å²) in [5.74, 6) is -0.244. The minimum atomic E-state index is -0.828. The number of rotatable bonds is 1. The lowest BCUT2D eigenvalue weighted by atomic mass is 9.29. The van der Waals surface area contributed by atoms with Gasteiger partial charge in [-0.2, -0.15) is 0 Å². The summed E-state index contributed by atoms with van der Waals surface area (Å²) in [5.41, 5.74) is -2.54. The van der Waals surface area contributed by atoms with Crippen LogP contribution in [0.25, 0.3) is 0 Å². The minimum Gasteiger partial charge on any atom is -0.443 e. The molecule has 13 atom stereocenters. The lowest BCUT2D eigenvalue weighted by Crippen LogP contribution is -2.84. The van der Waals surface area contributed by atoms with Crippen molar-refractivity contribution in [2.75, 3.05) is 13.2 Å². The molecule has 5 aliphatic carbocycles. The Balaban J connectivity index is 1.36. The van der Waals surface area contributed by atoms with Crippen LogP contribution in [0.5, 0.6) is 0 Å². The SMILES string of the molecule is C[C@H]1C[C@@H]2CN3C(CC[C@@]4(C)[C@@]5(C)CC(=O)O[C@@]34C[C@@]34C[C@@H]6C(=O)[C@@H]([C@H]3C[C@H]6CO)[C@@H](C)C(=O)[C@@H]45)(C1)O2. The van der Waals surface area contributed by atoms with E-state index in [-0.39, 0.29) is 83.0 Å². The van der Waals surface area contributed by atoms with E-state index < -0.39 is 16.9 Å². The Morgan fingerprint density at radius 3 is 2.59 bits per heavy atom. The molecular formula is C30H41NO6. The van der Waals surface area contributed by atoms with Crippen molar-refractivity contribution in [2.24, 2.45) is 57.7 Å². The van der Waals surface area contributed by atoms with E-state index in [2.05, 4.69) is 25.7 Å². The molecule has 202 valence electrons. The Kier molecular flexibility index (Phi) is 4.26. The molecular weight excluding hydrogens is 470 g/mol. The molecule has 0 amide bonds. The molecule has 5 saturated carbocycles. The summed E-state index contributed by atoms with van der Waals surface area (Å²) in [7, 11) is 0. The van der Waals surface area contributed by atoms with Gasteiger partial charge in [-0.3, -0.25) is 14.4 Å². The largest absolute Gasteiger partial charge is 0.443 e. The van der Waals surface area contributed by atoms with E-state index in [4.69, 9.17) is 9.47 Å². The molecule has 1 N–H and O–H groups in total. The molecule has 7 heteroatoms. The van der Waals surface area contributed by atoms with Gasteiger partial charge in [-0.1, -0.05) is 27.7 Å². The van der Waals surface area contributed by atoms with Gasteiger partial charge in [-0.05, 0) is 67.1 Å². The highest BCUT2D eigenvalue weighted by atomic mass is 16.6. The monoisotopic (exact) mass is 511 g/mol. The maximum atomic E-state index is 14.4. The molecule has 2 spiro atoms. The fourth-order valence-electron chi connectivity index (χ4n) is 12.5. The van der Waals surface area contributed by atoms with Crippen LogP contribution in [-0.2, 0) is 23.9 Å². The second-order valence-electron chi connectivity index (χ2n) is 15.1. The highest BCUT2D eigenvalue weighted by molar-refractivity contribution is 5.97. The van der Waals surface area contributed by atoms with Gasteiger partial charge in [0.1, 0.15) is 17.3 Å². The second-order valence-corrected chi connectivity index (χ2v) is 15.1. The van der Waals surface area contributed by atoms with E-state index in [1.165, 1.54) is 0 Å². The zero-order valence-electron chi connectivity index (χ0n) is 22.6. The molecule has 4 saturated heterocycles. The molecule has 1 unspecified atom stereocenters. The number of hydrogen-bond donors (Lipinski definition) is 1. The lowest BCUT2D eigenvalue weighted by molar-refractivity contribution is -0.387. The van der Waals surface area contributed by atoms with E-state index >= 15 is 0 Å². The standard InChI is InChI=1S/C30H41NO6/c1-15-7-18-12-31-29(9-15,36-18)6-5-27(4)26(3)11-21(33)37-30(27,31)14-28-10-19-17(13-32)8-20(28)22(24(19)35)16(2)23(34)25(26)28/h15-20,22,25,32H,5-14H2,1-4H3/t15-,16+,17-,18+,19-,20+,22+,25+,26-,27-,28-,29?,30+/m0/s1. The number of carbonyl (C=O) groups excluding carboxylic acids is 3. The third kappa shape index (κ3) is 2.31. The van der Waals surface area contributed by atoms with Crippen molar-refractivity contribution < 1.29 is 29.0 Å². The molecule has 9 rings (SSSR count). The number of piperidine rings is 1. The smallest absolute Gasteiger partial charge is 0.308 e. The topological polar surface area (TPSA) is 93.1 Å². The van der Waals surface area contributed by atoms with Crippen molar-refractivity contribution >= 4 is 17.5 Å². The first-order valence-electron chi connectivity index (χ1n) is 14.8. The van der Waals surface area contributed by atoms with Crippen molar-refractivity contribution in [1.82, 2.24) is 4.90 Å². The summed E-state index contributed by atoms with van der Waals surface area (Å²) in [6.45, 7) is 9.59. The summed E-state index contributed by atoms with van der Waals surface area (Å²) in [5, 5.41) is 10.2. The van der Waals surface area contributed by atoms with Gasteiger partial charge in [0.2, 0.25) is 0 Å². The Hall–Kier alpha value is -1.31. The van der Waals surface area contributed by atoms with Gasteiger partial charge in [0, 0.05) is 48.7 Å². The van der Waals surface area contributed by atoms with E-state index in [0.717, 1.165) is 38.6 Å². The molecule has 0 radical (unpaired) electrons. The van der Waals surface area contributed by atoms with Crippen molar-refractivity contribution in [2.45, 2.75) is 96.6 Å². The van der Waals surface area contributed by atoms with Crippen LogP contribution in [-0.4, -0.2) is 58.2 Å². The number of ketones is 2. The number of Topliss-reactive ketones (excluding diaryl/α,β-unsaturated/α-hetero) is 2. The minimum absolute atomic E-state index is 0.0192. The molecule has 0 aromatic heterocycles. The third-order valence-electron chi connectivity index (χ3n) is 13.8. The number of esters is 1. The van der Waals surface area contributed by atoms with Gasteiger partial charge in [-0.25, -0.2) is 4.90 Å². The van der Waals surface area contributed by atoms with Crippen LogP contribution in [0.2, 0.25) is 0 Å². The lowest BCUT2D eigenvalue weighted by Gasteiger charge is -2.79. The zero-order valence-corrected chi connectivity index (χ0v) is 22.6. The number of aliphatic hydroxyl groups excluding tert-OH is 1. The predicted octanol–water partition coefficient (Wildman–Crippen LogP) is 3.32. The van der Waals surface area contributed by atoms with Crippen molar-refractivity contribution in [3.63, 3.8) is 0 Å². The van der Waals surface area contributed by atoms with Gasteiger partial charge in [0.25, 0.3) is 0 Å². The number of hydrogen-bond acceptors (Lipinski definition) is 7. The van der Waals surface area contributed by atoms with Crippen LogP contribution < -0.4 is 0 Å². The van der Waals surface area contributed by atoms with Crippen molar-refractivity contribution in [1.29, 1.82) is 0 Å². The Labute approximate surface area is 219 Å². The maximum absolute atomic E-state index is 14.4. The summed E-state index contributed by atoms with van der Waals surface area (Å²) in [6.07, 6.45) is 6.22. The van der Waals surface area contributed by atoms with Gasteiger partial charge in [0.05, 0.1) is 12.5 Å². The van der Waals surface area contributed by atoms with Crippen LogP contribution in [0.4, 0.5) is 0 Å². The highest BCUT2D eigenvalue weighted by Crippen LogP contribution is 2.80. The molecule has 9 fully saturated rings. The molecule has 4 heterocycles. The van der Waals surface area contributed by atoms with Crippen LogP contribution in [0.1, 0.15) is 79.1 Å². The molecule has 0 aromatic rings. The van der Waals surface area contributed by atoms with Gasteiger partial charge < -0.3 is 14.6 Å². The molecule has 9 aliphatic rings. The molecule has 4 aliphatic heterocycles. The van der Waals surface area contributed by atoms with E-state index in [9.17, 15) is 19.5 Å². The fraction of sp³-hybridized carbons (Fsp3) is 0.900. The maximum Gasteiger partial charge on any atom is 0.308 e. The van der Waals surface area contributed by atoms with Crippen LogP contribution in [0, 0.1) is 57.7 Å². The number of fused-ring (bicyclic) bond motifs is 3. The quantitative estimate of drug-likeness (QED) is 0.540. The van der Waals surface area contributed by atoms with Crippen LogP contribution in [0.3, 0.4) is 0 Å². The third-order valence-corrected chi connectivity index (χ3v) is 13.8. The first-order valence-corrected chi connectivity index (χ1v) is 14.8. The van der Waals surface area contributed by atoms with E-state index in [0.29, 0.717) is 18.8 Å². The fourth-order valence-corrected chi connectivity index (χ4v) is 12.5. The first kappa shape index (κ1) is 23.6. The number of carbonyl (C=O) groups is 3. The molecule has 8 bridgehead atoms. The average molecular weight is 512 g/mol. The number of nitrogens with zero attached hydrogens (tertiary/aromatic N) is 1. The van der Waals surface area contributed by atoms with Crippen molar-refractivity contribution in [3.05, 3.63) is 0 Å². The number of aliphatic hydroxyl groups is 1. The number of ether oxygens (including phenoxy) is 2. The Morgan fingerprint density at radius 1 is 1.05 bits per heavy atom. The summed E-state index contributed by atoms with van der Waals surface area (Å²) < 4.78 is 13.5. The predicted molar refractivity (Wildman–Crippen MR) is 132 cm³/mol. The first-order chi connectivity index (χ1) is 17.5. The Bertz CT molecular complexity index is 1140. The molecule has 7 nitrogen and oxygen atoms in total. The molecule has 37 heavy (non-hydrogen) atoms. The molecule has 0 aromatic carbocycles. The second kappa shape index (κ2) is 6.69. The van der Waals surface area contributed by atoms with Crippen LogP contribution in [0.15, 0.2) is 0 Å². The van der Waals surface area contributed by atoms with Gasteiger partial charge in [-0.15, -0.1) is 0 Å². The average Bonchev–Trinajstić information content (AvgIpc) is 3.11. The summed E-state index contributed by atoms with van der Waals surface area (Å²) in [6, 6.07) is 0.